The van der Waals surface area contributed by atoms with Crippen LogP contribution in [0.3, 0.4) is 0 Å². The second-order valence-electron chi connectivity index (χ2n) is 7.76. The molecule has 0 heterocycles. The maximum Gasteiger partial charge on any atom is 0.340 e. The molecule has 0 atom stereocenters. The maximum absolute atomic E-state index is 13.6. The lowest BCUT2D eigenvalue weighted by Gasteiger charge is -2.21. The minimum absolute atomic E-state index is 0.453. The van der Waals surface area contributed by atoms with Crippen molar-refractivity contribution in [2.75, 3.05) is 0 Å². The van der Waals surface area contributed by atoms with Crippen molar-refractivity contribution >= 4 is 38.1 Å². The first kappa shape index (κ1) is 27.0. The van der Waals surface area contributed by atoms with Crippen LogP contribution in [0.25, 0.3) is 25.8 Å². The van der Waals surface area contributed by atoms with Crippen LogP contribution in [0, 0.1) is 0 Å². The van der Waals surface area contributed by atoms with Crippen LogP contribution in [0.1, 0.15) is 31.8 Å². The Kier molecular flexibility index (Phi) is 6.78. The summed E-state index contributed by atoms with van der Waals surface area (Å²) in [7, 11) is -5.36. The average Bonchev–Trinajstić information content (AvgIpc) is 2.90. The van der Waals surface area contributed by atoms with Gasteiger partial charge in [0.25, 0.3) is 0 Å². The summed E-state index contributed by atoms with van der Waals surface area (Å²) in [6, 6.07) is 8.01. The zero-order valence-corrected chi connectivity index (χ0v) is 20.3. The van der Waals surface area contributed by atoms with E-state index < -0.39 is 94.8 Å². The third-order valence-electron chi connectivity index (χ3n) is 5.50. The predicted molar refractivity (Wildman–Crippen MR) is 133 cm³/mol. The lowest BCUT2D eigenvalue weighted by Crippen LogP contribution is -2.27. The van der Waals surface area contributed by atoms with Crippen molar-refractivity contribution in [2.45, 2.75) is 0 Å². The summed E-state index contributed by atoms with van der Waals surface area (Å²) in [5.41, 5.74) is 13.6. The van der Waals surface area contributed by atoms with Gasteiger partial charge in [-0.05, 0) is 35.3 Å². The van der Waals surface area contributed by atoms with Gasteiger partial charge >= 0.3 is 10.1 Å². The van der Waals surface area contributed by atoms with Crippen molar-refractivity contribution in [1.82, 2.24) is 0 Å². The molecule has 0 amide bonds. The van der Waals surface area contributed by atoms with Crippen molar-refractivity contribution in [3.05, 3.63) is 97.4 Å². The van der Waals surface area contributed by atoms with Gasteiger partial charge in [-0.15, -0.1) is 0 Å². The molecule has 0 radical (unpaired) electrons. The zero-order chi connectivity index (χ0) is 29.4. The number of rotatable bonds is 7. The van der Waals surface area contributed by atoms with Crippen molar-refractivity contribution in [2.24, 2.45) is 10.2 Å². The highest BCUT2D eigenvalue weighted by Gasteiger charge is 2.41. The molecule has 0 bridgehead atoms. The van der Waals surface area contributed by atoms with Gasteiger partial charge in [-0.25, -0.2) is 0 Å². The molecule has 200 valence electrons. The molecule has 3 aromatic rings. The molecule has 40 heavy (non-hydrogen) atoms. The van der Waals surface area contributed by atoms with Gasteiger partial charge in [-0.2, -0.15) is 8.42 Å². The van der Waals surface area contributed by atoms with Crippen molar-refractivity contribution in [3.8, 4) is 28.7 Å². The standard InChI is InChI=1S/C23H12N6O10S/c24-28-26-11-4-1-3-9-15(11)23(17(27-29-25)22(36)19(9)33)40(37,38)39-14-6-2-5-12(30)16(14)18(32)10-7-8-13(31)21(35)20(10)34/h1-8,30-31,34-35H. The van der Waals surface area contributed by atoms with Crippen molar-refractivity contribution in [3.63, 3.8) is 0 Å². The van der Waals surface area contributed by atoms with Gasteiger partial charge in [0.05, 0.1) is 5.56 Å². The number of carbonyl (C=O) groups excluding carboxylic acids is 3. The van der Waals surface area contributed by atoms with Gasteiger partial charge in [-0.3, -0.25) is 14.4 Å². The summed E-state index contributed by atoms with van der Waals surface area (Å²) in [5.74, 6) is -8.74. The highest BCUT2D eigenvalue weighted by molar-refractivity contribution is 7.96. The average molecular weight is 564 g/mol. The SMILES string of the molecule is [N-]=[N+]=NC1=C(S(=O)(=O)Oc2cccc(O)c2C(=O)c2ccc(O)c(O)c2O)c2c(N=[N+]=[N-])cccc2C(=O)C1=O. The van der Waals surface area contributed by atoms with Crippen LogP contribution in [0.4, 0.5) is 5.69 Å². The van der Waals surface area contributed by atoms with Gasteiger partial charge in [0, 0.05) is 26.6 Å². The molecule has 4 N–H and O–H groups in total. The molecule has 17 heteroatoms. The van der Waals surface area contributed by atoms with Gasteiger partial charge in [0.1, 0.15) is 21.9 Å². The number of carbonyl (C=O) groups is 3. The number of benzene rings is 3. The molecule has 1 aliphatic rings. The van der Waals surface area contributed by atoms with Gasteiger partial charge < -0.3 is 24.6 Å². The van der Waals surface area contributed by atoms with Crippen LogP contribution < -0.4 is 4.18 Å². The van der Waals surface area contributed by atoms with Crippen LogP contribution in [-0.4, -0.2) is 46.2 Å². The lowest BCUT2D eigenvalue weighted by molar-refractivity contribution is -0.111. The number of phenolic OH excluding ortho intramolecular Hbond substituents is 4. The summed E-state index contributed by atoms with van der Waals surface area (Å²) in [6.07, 6.45) is 0. The third-order valence-corrected chi connectivity index (χ3v) is 6.80. The monoisotopic (exact) mass is 564 g/mol. The largest absolute Gasteiger partial charge is 0.507 e. The molecule has 0 saturated carbocycles. The Morgan fingerprint density at radius 3 is 2.17 bits per heavy atom. The fraction of sp³-hybridized carbons (Fsp3) is 0. The van der Waals surface area contributed by atoms with Crippen molar-refractivity contribution in [1.29, 1.82) is 0 Å². The molecule has 0 unspecified atom stereocenters. The smallest absolute Gasteiger partial charge is 0.340 e. The van der Waals surface area contributed by atoms with E-state index in [1.54, 1.807) is 0 Å². The quantitative estimate of drug-likeness (QED) is 0.0611. The number of hydrogen-bond acceptors (Lipinski definition) is 12. The molecular formula is C23H12N6O10S. The van der Waals surface area contributed by atoms with E-state index in [2.05, 4.69) is 20.1 Å². The van der Waals surface area contributed by atoms with E-state index in [0.717, 1.165) is 42.5 Å². The van der Waals surface area contributed by atoms with Crippen molar-refractivity contribution < 1.29 is 47.4 Å². The molecule has 0 saturated heterocycles. The maximum atomic E-state index is 13.6. The topological polar surface area (TPSA) is 273 Å². The number of ketones is 3. The lowest BCUT2D eigenvalue weighted by atomic mass is 9.92. The van der Waals surface area contributed by atoms with Crippen LogP contribution in [0.15, 0.2) is 64.5 Å². The van der Waals surface area contributed by atoms with Gasteiger partial charge in [0.15, 0.2) is 17.2 Å². The van der Waals surface area contributed by atoms with E-state index in [1.165, 1.54) is 6.07 Å². The first-order chi connectivity index (χ1) is 18.9. The Balaban J connectivity index is 1.97. The molecule has 0 spiro atoms. The molecule has 16 nitrogen and oxygen atoms in total. The summed E-state index contributed by atoms with van der Waals surface area (Å²) >= 11 is 0. The number of hydrogen-bond donors (Lipinski definition) is 4. The molecular weight excluding hydrogens is 552 g/mol. The van der Waals surface area contributed by atoms with E-state index in [1.807, 2.05) is 0 Å². The molecule has 0 fully saturated rings. The zero-order valence-electron chi connectivity index (χ0n) is 19.4. The number of azide groups is 2. The Morgan fingerprint density at radius 1 is 0.825 bits per heavy atom. The second kappa shape index (κ2) is 10.0. The van der Waals surface area contributed by atoms with Gasteiger partial charge in [0.2, 0.25) is 23.1 Å². The summed E-state index contributed by atoms with van der Waals surface area (Å²) < 4.78 is 32.3. The van der Waals surface area contributed by atoms with Crippen LogP contribution in [0.2, 0.25) is 0 Å². The minimum atomic E-state index is -5.36. The first-order valence-corrected chi connectivity index (χ1v) is 12.0. The highest BCUT2D eigenvalue weighted by atomic mass is 32.2. The number of allylic oxidation sites excluding steroid dienone is 1. The summed E-state index contributed by atoms with van der Waals surface area (Å²) in [4.78, 5) is 42.3. The number of Topliss-reactive ketones (excluding diaryl/α,β-unsaturated/α-hetero) is 2. The molecule has 1 aliphatic carbocycles. The minimum Gasteiger partial charge on any atom is -0.507 e. The number of aromatic hydroxyl groups is 4. The normalized spacial score (nSPS) is 12.7. The Labute approximate surface area is 222 Å². The molecule has 0 aromatic heterocycles. The van der Waals surface area contributed by atoms with Crippen LogP contribution in [0.5, 0.6) is 28.7 Å². The van der Waals surface area contributed by atoms with E-state index in [0.29, 0.717) is 0 Å². The third kappa shape index (κ3) is 4.35. The fourth-order valence-electron chi connectivity index (χ4n) is 3.79. The predicted octanol–water partition coefficient (Wildman–Crippen LogP) is 3.83. The Bertz CT molecular complexity index is 1900. The van der Waals surface area contributed by atoms with E-state index >= 15 is 0 Å². The molecule has 0 aliphatic heterocycles. The van der Waals surface area contributed by atoms with E-state index in [4.69, 9.17) is 15.2 Å². The Hall–Kier alpha value is -6.02. The number of fused-ring (bicyclic) bond motifs is 1. The van der Waals surface area contributed by atoms with Crippen LogP contribution in [-0.2, 0) is 14.9 Å². The second-order valence-corrected chi connectivity index (χ2v) is 9.24. The molecule has 4 rings (SSSR count). The Morgan fingerprint density at radius 2 is 1.50 bits per heavy atom. The first-order valence-electron chi connectivity index (χ1n) is 10.6. The number of nitrogens with zero attached hydrogens (tertiary/aromatic N) is 6. The fourth-order valence-corrected chi connectivity index (χ4v) is 5.09. The van der Waals surface area contributed by atoms with Gasteiger partial charge in [-0.1, -0.05) is 34.5 Å². The van der Waals surface area contributed by atoms with E-state index in [-0.39, 0.29) is 0 Å². The molecule has 3 aromatic carbocycles. The summed E-state index contributed by atoms with van der Waals surface area (Å²) in [6.45, 7) is 0. The van der Waals surface area contributed by atoms with Crippen LogP contribution >= 0.6 is 0 Å². The number of phenols is 4. The highest BCUT2D eigenvalue weighted by Crippen LogP contribution is 2.43. The van der Waals surface area contributed by atoms with E-state index in [9.17, 15) is 43.2 Å². The summed E-state index contributed by atoms with van der Waals surface area (Å²) in [5, 5.41) is 46.2.